The summed E-state index contributed by atoms with van der Waals surface area (Å²) in [7, 11) is 1.58. The third-order valence-corrected chi connectivity index (χ3v) is 5.67. The van der Waals surface area contributed by atoms with Crippen molar-refractivity contribution in [2.24, 2.45) is 5.92 Å². The Bertz CT molecular complexity index is 844. The number of nitrogens with zero attached hydrogens (tertiary/aromatic N) is 3. The maximum Gasteiger partial charge on any atom is 0.231 e. The Morgan fingerprint density at radius 3 is 2.92 bits per heavy atom. The highest BCUT2D eigenvalue weighted by atomic mass is 32.2. The van der Waals surface area contributed by atoms with Gasteiger partial charge in [0.1, 0.15) is 5.75 Å². The predicted octanol–water partition coefficient (Wildman–Crippen LogP) is 2.26. The molecule has 9 heteroatoms. The summed E-state index contributed by atoms with van der Waals surface area (Å²) in [6.07, 6.45) is 5.37. The molecule has 7 nitrogen and oxygen atoms in total. The first-order valence-electron chi connectivity index (χ1n) is 7.75. The van der Waals surface area contributed by atoms with E-state index in [9.17, 15) is 9.59 Å². The van der Waals surface area contributed by atoms with Crippen molar-refractivity contribution in [3.05, 3.63) is 24.3 Å². The van der Waals surface area contributed by atoms with E-state index in [1.807, 2.05) is 0 Å². The Kier molecular flexibility index (Phi) is 5.75. The zero-order valence-electron chi connectivity index (χ0n) is 14.0. The van der Waals surface area contributed by atoms with Crippen molar-refractivity contribution in [3.63, 3.8) is 0 Å². The zero-order chi connectivity index (χ0) is 18.5. The van der Waals surface area contributed by atoms with Gasteiger partial charge in [-0.3, -0.25) is 9.59 Å². The number of anilines is 2. The average Bonchev–Trinajstić information content (AvgIpc) is 3.26. The van der Waals surface area contributed by atoms with Crippen LogP contribution in [0.2, 0.25) is 0 Å². The average molecular weight is 388 g/mol. The molecule has 2 heterocycles. The first kappa shape index (κ1) is 18.2. The summed E-state index contributed by atoms with van der Waals surface area (Å²) in [5.41, 5.74) is 0.745. The van der Waals surface area contributed by atoms with Crippen LogP contribution in [0.15, 0.2) is 28.6 Å². The van der Waals surface area contributed by atoms with Crippen molar-refractivity contribution in [3.8, 4) is 18.1 Å². The molecule has 1 atom stereocenters. The number of benzene rings is 1. The zero-order valence-corrected chi connectivity index (χ0v) is 15.6. The van der Waals surface area contributed by atoms with Crippen molar-refractivity contribution in [2.75, 3.05) is 29.6 Å². The lowest BCUT2D eigenvalue weighted by Crippen LogP contribution is -2.28. The SMILES string of the molecule is C#CCSc1nnc(NC(=O)[C@@H]2CC(=O)N(c3ccc(OC)cc3)C2)s1. The van der Waals surface area contributed by atoms with Crippen LogP contribution in [0.25, 0.3) is 0 Å². The Hall–Kier alpha value is -2.57. The van der Waals surface area contributed by atoms with Gasteiger partial charge < -0.3 is 15.0 Å². The molecule has 3 rings (SSSR count). The van der Waals surface area contributed by atoms with Gasteiger partial charge in [-0.15, -0.1) is 16.6 Å². The summed E-state index contributed by atoms with van der Waals surface area (Å²) in [4.78, 5) is 26.3. The number of hydrogen-bond acceptors (Lipinski definition) is 7. The van der Waals surface area contributed by atoms with Gasteiger partial charge in [0, 0.05) is 18.7 Å². The van der Waals surface area contributed by atoms with Gasteiger partial charge in [0.2, 0.25) is 16.9 Å². The fraction of sp³-hybridized carbons (Fsp3) is 0.294. The summed E-state index contributed by atoms with van der Waals surface area (Å²) in [5, 5.41) is 11.0. The number of amides is 2. The van der Waals surface area contributed by atoms with E-state index in [1.165, 1.54) is 23.1 Å². The van der Waals surface area contributed by atoms with E-state index >= 15 is 0 Å². The van der Waals surface area contributed by atoms with Gasteiger partial charge in [-0.25, -0.2) is 0 Å². The Labute approximate surface area is 159 Å². The molecule has 1 aliphatic rings. The van der Waals surface area contributed by atoms with Crippen LogP contribution in [0, 0.1) is 18.3 Å². The molecule has 1 N–H and O–H groups in total. The molecule has 1 saturated heterocycles. The second-order valence-corrected chi connectivity index (χ2v) is 7.66. The van der Waals surface area contributed by atoms with E-state index in [4.69, 9.17) is 11.2 Å². The Morgan fingerprint density at radius 2 is 2.23 bits per heavy atom. The maximum absolute atomic E-state index is 12.5. The largest absolute Gasteiger partial charge is 0.497 e. The number of terminal acetylenes is 1. The predicted molar refractivity (Wildman–Crippen MR) is 102 cm³/mol. The molecule has 2 amide bonds. The molecular weight excluding hydrogens is 372 g/mol. The van der Waals surface area contributed by atoms with Gasteiger partial charge in [0.25, 0.3) is 0 Å². The summed E-state index contributed by atoms with van der Waals surface area (Å²) in [6, 6.07) is 7.17. The van der Waals surface area contributed by atoms with Gasteiger partial charge in [-0.05, 0) is 24.3 Å². The molecule has 0 aliphatic carbocycles. The Morgan fingerprint density at radius 1 is 1.46 bits per heavy atom. The normalized spacial score (nSPS) is 16.4. The first-order valence-corrected chi connectivity index (χ1v) is 9.56. The molecule has 1 aromatic heterocycles. The number of aromatic nitrogens is 2. The number of carbonyl (C=O) groups excluding carboxylic acids is 2. The molecule has 0 bridgehead atoms. The highest BCUT2D eigenvalue weighted by Crippen LogP contribution is 2.29. The van der Waals surface area contributed by atoms with E-state index < -0.39 is 5.92 Å². The minimum atomic E-state index is -0.435. The monoisotopic (exact) mass is 388 g/mol. The van der Waals surface area contributed by atoms with Crippen LogP contribution in [0.1, 0.15) is 6.42 Å². The number of nitrogens with one attached hydrogen (secondary N) is 1. The highest BCUT2D eigenvalue weighted by Gasteiger charge is 2.35. The second kappa shape index (κ2) is 8.21. The number of carbonyl (C=O) groups is 2. The molecule has 134 valence electrons. The standard InChI is InChI=1S/C17H16N4O3S2/c1-3-8-25-17-20-19-16(26-17)18-15(23)11-9-14(22)21(10-11)12-4-6-13(24-2)7-5-12/h1,4-7,11H,8-10H2,2H3,(H,18,19,23)/t11-/m1/s1. The lowest BCUT2D eigenvalue weighted by atomic mass is 10.1. The first-order chi connectivity index (χ1) is 12.6. The van der Waals surface area contributed by atoms with E-state index in [2.05, 4.69) is 21.4 Å². The molecule has 0 unspecified atom stereocenters. The van der Waals surface area contributed by atoms with Crippen LogP contribution >= 0.6 is 23.1 Å². The van der Waals surface area contributed by atoms with Crippen LogP contribution in [0.4, 0.5) is 10.8 Å². The van der Waals surface area contributed by atoms with Crippen molar-refractivity contribution >= 4 is 45.7 Å². The van der Waals surface area contributed by atoms with Crippen molar-refractivity contribution in [1.82, 2.24) is 10.2 Å². The number of thioether (sulfide) groups is 1. The number of methoxy groups -OCH3 is 1. The molecule has 1 aliphatic heterocycles. The Balaban J connectivity index is 1.61. The highest BCUT2D eigenvalue weighted by molar-refractivity contribution is 8.01. The minimum absolute atomic E-state index is 0.0853. The number of hydrogen-bond donors (Lipinski definition) is 1. The molecular formula is C17H16N4O3S2. The molecule has 0 radical (unpaired) electrons. The van der Waals surface area contributed by atoms with Crippen LogP contribution < -0.4 is 15.0 Å². The van der Waals surface area contributed by atoms with Gasteiger partial charge >= 0.3 is 0 Å². The third kappa shape index (κ3) is 4.15. The fourth-order valence-electron chi connectivity index (χ4n) is 2.52. The van der Waals surface area contributed by atoms with E-state index in [-0.39, 0.29) is 18.2 Å². The van der Waals surface area contributed by atoms with Gasteiger partial charge in [-0.2, -0.15) is 0 Å². The maximum atomic E-state index is 12.5. The molecule has 0 saturated carbocycles. The minimum Gasteiger partial charge on any atom is -0.497 e. The van der Waals surface area contributed by atoms with E-state index in [1.54, 1.807) is 36.3 Å². The van der Waals surface area contributed by atoms with Crippen molar-refractivity contribution in [1.29, 1.82) is 0 Å². The smallest absolute Gasteiger partial charge is 0.231 e. The second-order valence-electron chi connectivity index (χ2n) is 5.46. The lowest BCUT2D eigenvalue weighted by molar-refractivity contribution is -0.122. The molecule has 1 aromatic carbocycles. The summed E-state index contributed by atoms with van der Waals surface area (Å²) < 4.78 is 5.81. The summed E-state index contributed by atoms with van der Waals surface area (Å²) in [5.74, 6) is 2.96. The number of rotatable bonds is 6. The van der Waals surface area contributed by atoms with E-state index in [0.29, 0.717) is 27.5 Å². The van der Waals surface area contributed by atoms with E-state index in [0.717, 1.165) is 5.69 Å². The number of ether oxygens (including phenoxy) is 1. The summed E-state index contributed by atoms with van der Waals surface area (Å²) in [6.45, 7) is 0.328. The van der Waals surface area contributed by atoms with Crippen LogP contribution in [0.5, 0.6) is 5.75 Å². The summed E-state index contributed by atoms with van der Waals surface area (Å²) >= 11 is 2.65. The molecule has 0 spiro atoms. The quantitative estimate of drug-likeness (QED) is 0.464. The van der Waals surface area contributed by atoms with Gasteiger partial charge in [-0.1, -0.05) is 29.0 Å². The lowest BCUT2D eigenvalue weighted by Gasteiger charge is -2.16. The molecule has 26 heavy (non-hydrogen) atoms. The fourth-order valence-corrected chi connectivity index (χ4v) is 3.96. The van der Waals surface area contributed by atoms with Crippen LogP contribution in [-0.2, 0) is 9.59 Å². The third-order valence-electron chi connectivity index (χ3n) is 3.80. The van der Waals surface area contributed by atoms with Crippen LogP contribution in [0.3, 0.4) is 0 Å². The van der Waals surface area contributed by atoms with Crippen molar-refractivity contribution < 1.29 is 14.3 Å². The van der Waals surface area contributed by atoms with Crippen LogP contribution in [-0.4, -0.2) is 41.4 Å². The molecule has 2 aromatic rings. The van der Waals surface area contributed by atoms with Crippen molar-refractivity contribution in [2.45, 2.75) is 10.8 Å². The topological polar surface area (TPSA) is 84.4 Å². The molecule has 1 fully saturated rings. The van der Waals surface area contributed by atoms with Gasteiger partial charge in [0.15, 0.2) is 4.34 Å². The van der Waals surface area contributed by atoms with Gasteiger partial charge in [0.05, 0.1) is 18.8 Å².